The molecule has 0 spiro atoms. The lowest BCUT2D eigenvalue weighted by atomic mass is 10.2. The second-order valence-corrected chi connectivity index (χ2v) is 6.99. The molecule has 0 aliphatic rings. The fourth-order valence-electron chi connectivity index (χ4n) is 4.13. The van der Waals surface area contributed by atoms with Crippen molar-refractivity contribution in [2.75, 3.05) is 0 Å². The minimum Gasteiger partial charge on any atom is -0.309 e. The number of hydrogen-bond donors (Lipinski definition) is 0. The molecule has 0 aliphatic heterocycles. The van der Waals surface area contributed by atoms with Crippen LogP contribution in [0.2, 0.25) is 0 Å². The fourth-order valence-corrected chi connectivity index (χ4v) is 4.13. The van der Waals surface area contributed by atoms with Gasteiger partial charge in [-0.15, -0.1) is 0 Å². The van der Waals surface area contributed by atoms with Gasteiger partial charge in [-0.2, -0.15) is 0 Å². The van der Waals surface area contributed by atoms with Crippen LogP contribution in [-0.4, -0.2) is 14.1 Å². The molecule has 6 aromatic rings. The first-order valence-electron chi connectivity index (χ1n) is 9.41. The Kier molecular flexibility index (Phi) is 3.17. The highest BCUT2D eigenvalue weighted by atomic mass is 15.0. The minimum absolute atomic E-state index is 1.01. The summed E-state index contributed by atoms with van der Waals surface area (Å²) in [4.78, 5) is 4.51. The van der Waals surface area contributed by atoms with Gasteiger partial charge in [0.05, 0.1) is 22.1 Å². The highest BCUT2D eigenvalue weighted by Crippen LogP contribution is 2.32. The first kappa shape index (κ1) is 15.2. The van der Waals surface area contributed by atoms with Gasteiger partial charge in [0.15, 0.2) is 0 Å². The van der Waals surface area contributed by atoms with E-state index >= 15 is 0 Å². The summed E-state index contributed by atoms with van der Waals surface area (Å²) in [6, 6.07) is 34.1. The molecular weight excluding hydrogens is 342 g/mol. The zero-order chi connectivity index (χ0) is 18.5. The Morgan fingerprint density at radius 3 is 1.71 bits per heavy atom. The number of benzene rings is 4. The fraction of sp³-hybridized carbons (Fsp3) is 0. The maximum Gasteiger partial charge on any atom is 0.100 e. The standard InChI is InChI=1S/C25H17N3/c1-4-10-23-20(7-1)21-8-2-5-11-24(21)28(23)19-15-13-18(14-16-19)27-17-26-22-9-3-6-12-25(22)27/h1-17H. The van der Waals surface area contributed by atoms with Gasteiger partial charge in [-0.1, -0.05) is 48.5 Å². The smallest absolute Gasteiger partial charge is 0.100 e. The molecule has 3 nitrogen and oxygen atoms in total. The van der Waals surface area contributed by atoms with Gasteiger partial charge in [0.1, 0.15) is 6.33 Å². The van der Waals surface area contributed by atoms with Crippen molar-refractivity contribution in [1.29, 1.82) is 0 Å². The molecule has 4 aromatic carbocycles. The van der Waals surface area contributed by atoms with Crippen LogP contribution >= 0.6 is 0 Å². The number of imidazole rings is 1. The number of rotatable bonds is 2. The number of hydrogen-bond acceptors (Lipinski definition) is 1. The highest BCUT2D eigenvalue weighted by Gasteiger charge is 2.11. The Hall–Kier alpha value is -3.85. The van der Waals surface area contributed by atoms with Crippen LogP contribution in [0, 0.1) is 0 Å². The van der Waals surface area contributed by atoms with Crippen LogP contribution in [0.4, 0.5) is 0 Å². The first-order chi connectivity index (χ1) is 13.9. The quantitative estimate of drug-likeness (QED) is 0.365. The van der Waals surface area contributed by atoms with Crippen molar-refractivity contribution in [3.05, 3.63) is 103 Å². The second-order valence-electron chi connectivity index (χ2n) is 6.99. The monoisotopic (exact) mass is 359 g/mol. The van der Waals surface area contributed by atoms with Crippen LogP contribution in [0.5, 0.6) is 0 Å². The van der Waals surface area contributed by atoms with E-state index in [4.69, 9.17) is 0 Å². The van der Waals surface area contributed by atoms with E-state index in [-0.39, 0.29) is 0 Å². The Morgan fingerprint density at radius 2 is 1.04 bits per heavy atom. The molecule has 0 aliphatic carbocycles. The van der Waals surface area contributed by atoms with Gasteiger partial charge >= 0.3 is 0 Å². The van der Waals surface area contributed by atoms with Gasteiger partial charge in [0.2, 0.25) is 0 Å². The van der Waals surface area contributed by atoms with E-state index in [1.54, 1.807) is 0 Å². The lowest BCUT2D eigenvalue weighted by Crippen LogP contribution is -1.96. The molecule has 0 saturated heterocycles. The van der Waals surface area contributed by atoms with Crippen molar-refractivity contribution in [1.82, 2.24) is 14.1 Å². The lowest BCUT2D eigenvalue weighted by Gasteiger charge is -2.10. The number of aromatic nitrogens is 3. The van der Waals surface area contributed by atoms with Gasteiger partial charge in [-0.05, 0) is 48.5 Å². The number of para-hydroxylation sites is 4. The van der Waals surface area contributed by atoms with Crippen molar-refractivity contribution in [2.45, 2.75) is 0 Å². The van der Waals surface area contributed by atoms with Crippen LogP contribution in [0.1, 0.15) is 0 Å². The van der Waals surface area contributed by atoms with E-state index in [1.165, 1.54) is 21.8 Å². The molecule has 0 amide bonds. The molecule has 6 rings (SSSR count). The van der Waals surface area contributed by atoms with E-state index in [0.29, 0.717) is 0 Å². The van der Waals surface area contributed by atoms with E-state index in [9.17, 15) is 0 Å². The summed E-state index contributed by atoms with van der Waals surface area (Å²) < 4.78 is 4.46. The molecule has 2 aromatic heterocycles. The average molecular weight is 359 g/mol. The zero-order valence-electron chi connectivity index (χ0n) is 15.2. The number of nitrogens with zero attached hydrogens (tertiary/aromatic N) is 3. The van der Waals surface area contributed by atoms with Crippen molar-refractivity contribution >= 4 is 32.8 Å². The van der Waals surface area contributed by atoms with E-state index < -0.39 is 0 Å². The minimum atomic E-state index is 1.01. The van der Waals surface area contributed by atoms with Gasteiger partial charge in [0, 0.05) is 22.1 Å². The summed E-state index contributed by atoms with van der Waals surface area (Å²) in [5, 5.41) is 2.56. The molecule has 0 bridgehead atoms. The van der Waals surface area contributed by atoms with Gasteiger partial charge in [-0.3, -0.25) is 4.57 Å². The maximum atomic E-state index is 4.51. The normalized spacial score (nSPS) is 11.6. The lowest BCUT2D eigenvalue weighted by molar-refractivity contribution is 1.08. The van der Waals surface area contributed by atoms with Gasteiger partial charge < -0.3 is 4.57 Å². The van der Waals surface area contributed by atoms with Crippen LogP contribution in [-0.2, 0) is 0 Å². The largest absolute Gasteiger partial charge is 0.309 e. The Bertz CT molecular complexity index is 1400. The molecule has 0 radical (unpaired) electrons. The van der Waals surface area contributed by atoms with Crippen molar-refractivity contribution in [3.63, 3.8) is 0 Å². The van der Waals surface area contributed by atoms with Crippen LogP contribution in [0.25, 0.3) is 44.2 Å². The molecule has 0 N–H and O–H groups in total. The summed E-state index contributed by atoms with van der Waals surface area (Å²) in [7, 11) is 0. The molecule has 0 atom stereocenters. The van der Waals surface area contributed by atoms with Crippen LogP contribution < -0.4 is 0 Å². The molecule has 0 fully saturated rings. The van der Waals surface area contributed by atoms with Crippen LogP contribution in [0.3, 0.4) is 0 Å². The summed E-state index contributed by atoms with van der Waals surface area (Å²) in [5.74, 6) is 0. The summed E-state index contributed by atoms with van der Waals surface area (Å²) in [5.41, 5.74) is 6.85. The topological polar surface area (TPSA) is 22.8 Å². The van der Waals surface area contributed by atoms with E-state index in [2.05, 4.69) is 93.0 Å². The molecule has 132 valence electrons. The second kappa shape index (κ2) is 5.83. The third-order valence-corrected chi connectivity index (χ3v) is 5.42. The highest BCUT2D eigenvalue weighted by molar-refractivity contribution is 6.09. The first-order valence-corrected chi connectivity index (χ1v) is 9.41. The van der Waals surface area contributed by atoms with Gasteiger partial charge in [-0.25, -0.2) is 4.98 Å². The Labute approximate surface area is 162 Å². The maximum absolute atomic E-state index is 4.51. The Morgan fingerprint density at radius 1 is 0.500 bits per heavy atom. The zero-order valence-corrected chi connectivity index (χ0v) is 15.2. The predicted octanol–water partition coefficient (Wildman–Crippen LogP) is 6.12. The predicted molar refractivity (Wildman–Crippen MR) is 115 cm³/mol. The SMILES string of the molecule is c1ccc2c(c1)ncn2-c1ccc(-n2c3ccccc3c3ccccc32)cc1. The third kappa shape index (κ3) is 2.13. The summed E-state index contributed by atoms with van der Waals surface area (Å²) in [6.45, 7) is 0. The van der Waals surface area contributed by atoms with Crippen LogP contribution in [0.15, 0.2) is 103 Å². The van der Waals surface area contributed by atoms with Crippen molar-refractivity contribution < 1.29 is 0 Å². The summed E-state index contributed by atoms with van der Waals surface area (Å²) >= 11 is 0. The van der Waals surface area contributed by atoms with E-state index in [1.807, 2.05) is 24.5 Å². The van der Waals surface area contributed by atoms with Crippen molar-refractivity contribution in [3.8, 4) is 11.4 Å². The average Bonchev–Trinajstić information content (AvgIpc) is 3.33. The molecule has 3 heteroatoms. The summed E-state index contributed by atoms with van der Waals surface area (Å²) in [6.07, 6.45) is 1.89. The molecular formula is C25H17N3. The Balaban J connectivity index is 1.55. The molecule has 2 heterocycles. The number of fused-ring (bicyclic) bond motifs is 4. The molecule has 28 heavy (non-hydrogen) atoms. The molecule has 0 saturated carbocycles. The van der Waals surface area contributed by atoms with Crippen molar-refractivity contribution in [2.24, 2.45) is 0 Å². The van der Waals surface area contributed by atoms with E-state index in [0.717, 1.165) is 22.4 Å². The third-order valence-electron chi connectivity index (χ3n) is 5.42. The molecule has 0 unspecified atom stereocenters. The van der Waals surface area contributed by atoms with Gasteiger partial charge in [0.25, 0.3) is 0 Å².